The van der Waals surface area contributed by atoms with E-state index in [-0.39, 0.29) is 24.7 Å². The van der Waals surface area contributed by atoms with Crippen LogP contribution >= 0.6 is 11.8 Å². The normalized spacial score (nSPS) is 23.7. The van der Waals surface area contributed by atoms with Gasteiger partial charge in [0.15, 0.2) is 11.4 Å². The zero-order valence-corrected chi connectivity index (χ0v) is 18.7. The molecule has 1 aliphatic rings. The number of hydrogen-bond donors (Lipinski definition) is 2. The van der Waals surface area contributed by atoms with Crippen molar-refractivity contribution < 1.29 is 14.6 Å². The van der Waals surface area contributed by atoms with E-state index in [1.807, 2.05) is 72.5 Å². The molecule has 1 aromatic heterocycles. The molecule has 0 saturated carbocycles. The van der Waals surface area contributed by atoms with E-state index in [0.717, 1.165) is 33.2 Å². The summed E-state index contributed by atoms with van der Waals surface area (Å²) in [6.07, 6.45) is 3.16. The Morgan fingerprint density at radius 3 is 2.32 bits per heavy atom. The molecule has 31 heavy (non-hydrogen) atoms. The first-order chi connectivity index (χ1) is 15.1. The second-order valence-corrected chi connectivity index (χ2v) is 8.89. The zero-order chi connectivity index (χ0) is 21.8. The first-order valence-electron chi connectivity index (χ1n) is 10.5. The predicted octanol–water partition coefficient (Wildman–Crippen LogP) is 3.95. The third-order valence-electron chi connectivity index (χ3n) is 5.76. The van der Waals surface area contributed by atoms with E-state index in [4.69, 9.17) is 15.2 Å². The number of ether oxygens (including phenoxy) is 2. The molecule has 0 spiro atoms. The number of benzene rings is 2. The quantitative estimate of drug-likeness (QED) is 0.543. The maximum atomic E-state index is 9.38. The largest absolute Gasteiger partial charge is 0.392 e. The molecule has 2 heterocycles. The molecule has 6 nitrogen and oxygen atoms in total. The standard InChI is InChI=1S/C24H29N3O3S/c1-16-21(15-31-24-26-11-12-27(24)2)29-23(20-9-3-17(13-25)4-10-20)30-22(16)19-7-5-18(14-28)6-8-19/h3-12,16,21-23,28H,13-15,25H2,1-2H3/t16-,21+,22+,23+/m1/s1. The number of aromatic nitrogens is 2. The first-order valence-corrected chi connectivity index (χ1v) is 11.5. The highest BCUT2D eigenvalue weighted by molar-refractivity contribution is 7.99. The minimum absolute atomic E-state index is 0.0165. The van der Waals surface area contributed by atoms with Crippen molar-refractivity contribution >= 4 is 11.8 Å². The van der Waals surface area contributed by atoms with Crippen LogP contribution in [0.1, 0.15) is 41.6 Å². The van der Waals surface area contributed by atoms with Crippen molar-refractivity contribution in [3.63, 3.8) is 0 Å². The van der Waals surface area contributed by atoms with Crippen LogP contribution in [0.4, 0.5) is 0 Å². The highest BCUT2D eigenvalue weighted by Gasteiger charge is 2.38. The Morgan fingerprint density at radius 2 is 1.71 bits per heavy atom. The van der Waals surface area contributed by atoms with Crippen LogP contribution in [0.15, 0.2) is 66.1 Å². The molecule has 2 aromatic carbocycles. The van der Waals surface area contributed by atoms with Crippen LogP contribution in [-0.2, 0) is 29.7 Å². The molecule has 4 rings (SSSR count). The average Bonchev–Trinajstić information content (AvgIpc) is 3.23. The van der Waals surface area contributed by atoms with E-state index in [1.54, 1.807) is 11.8 Å². The van der Waals surface area contributed by atoms with Crippen LogP contribution in [0.5, 0.6) is 0 Å². The SMILES string of the molecule is C[C@@H]1[C@H](CSc2nccn2C)O[C@H](c2ccc(CN)cc2)O[C@@H]1c1ccc(CO)cc1. The molecule has 0 unspecified atom stereocenters. The Balaban J connectivity index is 1.58. The summed E-state index contributed by atoms with van der Waals surface area (Å²) in [5, 5.41) is 10.3. The van der Waals surface area contributed by atoms with Crippen LogP contribution in [0.2, 0.25) is 0 Å². The molecular formula is C24H29N3O3S. The Bertz CT molecular complexity index is 974. The van der Waals surface area contributed by atoms with Crippen LogP contribution in [0.3, 0.4) is 0 Å². The van der Waals surface area contributed by atoms with Gasteiger partial charge in [0.05, 0.1) is 18.8 Å². The summed E-state index contributed by atoms with van der Waals surface area (Å²) in [5.41, 5.74) is 9.78. The van der Waals surface area contributed by atoms with E-state index in [0.29, 0.717) is 6.54 Å². The number of aliphatic hydroxyl groups excluding tert-OH is 1. The molecule has 7 heteroatoms. The summed E-state index contributed by atoms with van der Waals surface area (Å²) in [6, 6.07) is 16.1. The summed E-state index contributed by atoms with van der Waals surface area (Å²) in [5.74, 6) is 0.921. The Hall–Kier alpha value is -2.16. The highest BCUT2D eigenvalue weighted by atomic mass is 32.2. The van der Waals surface area contributed by atoms with Gasteiger partial charge in [-0.15, -0.1) is 0 Å². The third kappa shape index (κ3) is 5.02. The lowest BCUT2D eigenvalue weighted by molar-refractivity contribution is -0.268. The van der Waals surface area contributed by atoms with Crippen LogP contribution in [0.25, 0.3) is 0 Å². The lowest BCUT2D eigenvalue weighted by Gasteiger charge is -2.41. The van der Waals surface area contributed by atoms with E-state index in [9.17, 15) is 5.11 Å². The molecule has 1 fully saturated rings. The molecule has 1 saturated heterocycles. The summed E-state index contributed by atoms with van der Waals surface area (Å²) in [7, 11) is 2.00. The zero-order valence-electron chi connectivity index (χ0n) is 17.8. The van der Waals surface area contributed by atoms with E-state index < -0.39 is 6.29 Å². The molecule has 3 N–H and O–H groups in total. The fourth-order valence-electron chi connectivity index (χ4n) is 3.77. The van der Waals surface area contributed by atoms with Gasteiger partial charge < -0.3 is 24.9 Å². The van der Waals surface area contributed by atoms with Gasteiger partial charge in [0, 0.05) is 43.2 Å². The van der Waals surface area contributed by atoms with Crippen molar-refractivity contribution in [2.75, 3.05) is 5.75 Å². The van der Waals surface area contributed by atoms with E-state index >= 15 is 0 Å². The minimum Gasteiger partial charge on any atom is -0.392 e. The van der Waals surface area contributed by atoms with Crippen LogP contribution < -0.4 is 5.73 Å². The molecule has 3 aromatic rings. The average molecular weight is 440 g/mol. The number of hydrogen-bond acceptors (Lipinski definition) is 6. The monoisotopic (exact) mass is 439 g/mol. The van der Waals surface area contributed by atoms with Crippen LogP contribution in [-0.4, -0.2) is 26.5 Å². The minimum atomic E-state index is -0.461. The van der Waals surface area contributed by atoms with Gasteiger partial charge >= 0.3 is 0 Å². The van der Waals surface area contributed by atoms with Gasteiger partial charge in [-0.1, -0.05) is 67.2 Å². The van der Waals surface area contributed by atoms with Crippen molar-refractivity contribution in [1.82, 2.24) is 9.55 Å². The van der Waals surface area contributed by atoms with E-state index in [1.165, 1.54) is 0 Å². The Labute approximate surface area is 187 Å². The van der Waals surface area contributed by atoms with Crippen molar-refractivity contribution in [3.8, 4) is 0 Å². The first kappa shape index (κ1) is 22.0. The van der Waals surface area contributed by atoms with Gasteiger partial charge in [0.25, 0.3) is 0 Å². The van der Waals surface area contributed by atoms with Gasteiger partial charge in [0.1, 0.15) is 0 Å². The molecule has 0 bridgehead atoms. The summed E-state index contributed by atoms with van der Waals surface area (Å²) in [6.45, 7) is 2.71. The van der Waals surface area contributed by atoms with Crippen LogP contribution in [0, 0.1) is 5.92 Å². The highest BCUT2D eigenvalue weighted by Crippen LogP contribution is 2.42. The summed E-state index contributed by atoms with van der Waals surface area (Å²) < 4.78 is 14.9. The number of aryl methyl sites for hydroxylation is 1. The predicted molar refractivity (Wildman–Crippen MR) is 121 cm³/mol. The van der Waals surface area contributed by atoms with Gasteiger partial charge in [0.2, 0.25) is 0 Å². The Kier molecular flexibility index (Phi) is 7.09. The summed E-state index contributed by atoms with van der Waals surface area (Å²) >= 11 is 1.69. The number of aliphatic hydroxyl groups is 1. The van der Waals surface area contributed by atoms with Crippen molar-refractivity contribution in [3.05, 3.63) is 83.2 Å². The molecule has 0 radical (unpaired) electrons. The van der Waals surface area contributed by atoms with Crippen molar-refractivity contribution in [2.24, 2.45) is 18.7 Å². The fourth-order valence-corrected chi connectivity index (χ4v) is 4.86. The summed E-state index contributed by atoms with van der Waals surface area (Å²) in [4.78, 5) is 4.42. The number of nitrogens with two attached hydrogens (primary N) is 1. The molecule has 0 amide bonds. The number of thioether (sulfide) groups is 1. The number of nitrogens with zero attached hydrogens (tertiary/aromatic N) is 2. The molecular weight excluding hydrogens is 410 g/mol. The fraction of sp³-hybridized carbons (Fsp3) is 0.375. The maximum absolute atomic E-state index is 9.38. The number of rotatable bonds is 7. The maximum Gasteiger partial charge on any atom is 0.184 e. The van der Waals surface area contributed by atoms with Gasteiger partial charge in [-0.3, -0.25) is 0 Å². The third-order valence-corrected chi connectivity index (χ3v) is 6.91. The molecule has 4 atom stereocenters. The smallest absolute Gasteiger partial charge is 0.184 e. The molecule has 164 valence electrons. The number of imidazole rings is 1. The topological polar surface area (TPSA) is 82.5 Å². The van der Waals surface area contributed by atoms with E-state index in [2.05, 4.69) is 11.9 Å². The van der Waals surface area contributed by atoms with Crippen molar-refractivity contribution in [2.45, 2.75) is 43.7 Å². The van der Waals surface area contributed by atoms with Gasteiger partial charge in [-0.2, -0.15) is 0 Å². The lowest BCUT2D eigenvalue weighted by atomic mass is 9.91. The Morgan fingerprint density at radius 1 is 1.03 bits per heavy atom. The lowest BCUT2D eigenvalue weighted by Crippen LogP contribution is -2.38. The second-order valence-electron chi connectivity index (χ2n) is 7.90. The molecule has 1 aliphatic heterocycles. The van der Waals surface area contributed by atoms with Crippen molar-refractivity contribution in [1.29, 1.82) is 0 Å². The van der Waals surface area contributed by atoms with Gasteiger partial charge in [-0.25, -0.2) is 4.98 Å². The molecule has 0 aliphatic carbocycles. The second kappa shape index (κ2) is 9.97. The van der Waals surface area contributed by atoms with Gasteiger partial charge in [-0.05, 0) is 16.7 Å².